The largest absolute Gasteiger partial charge is 0.359 e. The first-order chi connectivity index (χ1) is 33.4. The minimum absolute atomic E-state index is 0.0692. The lowest BCUT2D eigenvalue weighted by Crippen LogP contribution is -2.25. The van der Waals surface area contributed by atoms with E-state index in [1.807, 2.05) is 60.7 Å². The lowest BCUT2D eigenvalue weighted by molar-refractivity contribution is -0.113. The molecule has 0 spiro atoms. The Kier molecular flexibility index (Phi) is 16.1. The maximum absolute atomic E-state index is 14.4. The molecule has 5 rings (SSSR count). The third-order valence-corrected chi connectivity index (χ3v) is 13.9. The van der Waals surface area contributed by atoms with Crippen LogP contribution in [-0.4, -0.2) is 23.1 Å². The third kappa shape index (κ3) is 13.8. The van der Waals surface area contributed by atoms with Crippen LogP contribution in [0.25, 0.3) is 0 Å². The van der Waals surface area contributed by atoms with Crippen LogP contribution in [0.4, 0.5) is 22.7 Å². The molecule has 398 valence electrons. The molecule has 8 heteroatoms. The monoisotopic (exact) mass is 1000 g/mol. The number of hydrogen-bond acceptors (Lipinski definition) is 8. The predicted octanol–water partition coefficient (Wildman–Crippen LogP) is 17.0. The van der Waals surface area contributed by atoms with Crippen LogP contribution in [0.15, 0.2) is 152 Å². The number of nitrogens with one attached hydrogen (secondary N) is 4. The van der Waals surface area contributed by atoms with Gasteiger partial charge in [0, 0.05) is 69.4 Å². The zero-order valence-corrected chi connectivity index (χ0v) is 49.7. The van der Waals surface area contributed by atoms with Crippen LogP contribution in [-0.2, 0) is 19.2 Å². The maximum Gasteiger partial charge on any atom is 0.191 e. The van der Waals surface area contributed by atoms with Gasteiger partial charge in [-0.1, -0.05) is 190 Å². The second-order valence-corrected chi connectivity index (χ2v) is 28.9. The summed E-state index contributed by atoms with van der Waals surface area (Å²) in [4.78, 5) is 57.6. The standard InChI is InChI=1S/C66H90N4O4/c1-59(2,3)43-25-39(55(71)47(29-43)63(13,14)15)35-67-51-33-53(69-37-41-27-45(61(7,8)9)31-49(57(41)73)65(19,20)21)54(70-38-42-28-46(62(10,11)12)32-50(58(42)74)66(22,23)24)34-52(51)68-36-40-26-44(60(4,5)6)30-48(56(40)72)64(16,17)18/h25-38,67-70H,1-24H3. The quantitative estimate of drug-likeness (QED) is 0.190. The van der Waals surface area contributed by atoms with E-state index in [2.05, 4.69) is 187 Å². The van der Waals surface area contributed by atoms with Crippen LogP contribution in [0, 0.1) is 43.3 Å². The molecular formula is C66H90N4O4. The van der Waals surface area contributed by atoms with Crippen LogP contribution in [0.5, 0.6) is 0 Å². The summed E-state index contributed by atoms with van der Waals surface area (Å²) >= 11 is 0. The van der Waals surface area contributed by atoms with Gasteiger partial charge in [-0.05, 0) is 102 Å². The van der Waals surface area contributed by atoms with Gasteiger partial charge in [0.05, 0.1) is 22.7 Å². The zero-order chi connectivity index (χ0) is 56.3. The number of benzene rings is 1. The molecule has 0 saturated carbocycles. The first-order valence-electron chi connectivity index (χ1n) is 26.4. The van der Waals surface area contributed by atoms with E-state index in [1.165, 1.54) is 0 Å². The summed E-state index contributed by atoms with van der Waals surface area (Å²) in [6.07, 6.45) is 23.0. The van der Waals surface area contributed by atoms with Gasteiger partial charge in [0.1, 0.15) is 0 Å². The first kappa shape index (κ1) is 58.9. The summed E-state index contributed by atoms with van der Waals surface area (Å²) < 4.78 is 0. The average Bonchev–Trinajstić information content (AvgIpc) is 3.21. The van der Waals surface area contributed by atoms with Crippen molar-refractivity contribution in [3.63, 3.8) is 0 Å². The summed E-state index contributed by atoms with van der Waals surface area (Å²) in [7, 11) is 0. The van der Waals surface area contributed by atoms with Crippen LogP contribution in [0.1, 0.15) is 166 Å². The Balaban J connectivity index is 1.83. The Morgan fingerprint density at radius 1 is 0.257 bits per heavy atom. The Labute approximate surface area is 446 Å². The predicted molar refractivity (Wildman–Crippen MR) is 314 cm³/mol. The number of hydrogen-bond donors (Lipinski definition) is 4. The van der Waals surface area contributed by atoms with Gasteiger partial charge in [-0.3, -0.25) is 19.2 Å². The topological polar surface area (TPSA) is 116 Å². The van der Waals surface area contributed by atoms with Gasteiger partial charge in [-0.2, -0.15) is 0 Å². The Bertz CT molecular complexity index is 2520. The molecule has 1 aromatic carbocycles. The molecule has 0 saturated heterocycles. The second-order valence-electron chi connectivity index (χ2n) is 28.9. The van der Waals surface area contributed by atoms with E-state index >= 15 is 0 Å². The first-order valence-corrected chi connectivity index (χ1v) is 26.4. The SMILES string of the molecule is CC(C)(C)C1=CC(=CNc2cc(NC=C3C=C(C(C)(C)C)C=C(C(C)(C)C)C3=O)c(NC=C3C=C(C(C)(C)C)C=C(C(C)(C)C)C3=O)cc2NC=C2C=C(C(C)(C)C)C=C(C(C)(C)C)C2=O)C(=O)C(C(C)(C)C)=C1. The number of rotatable bonds is 8. The number of ketones is 4. The molecule has 4 N–H and O–H groups in total. The molecule has 4 aliphatic carbocycles. The molecule has 1 aromatic rings. The minimum atomic E-state index is -0.412. The van der Waals surface area contributed by atoms with Gasteiger partial charge >= 0.3 is 0 Å². The summed E-state index contributed by atoms with van der Waals surface area (Å²) in [6, 6.07) is 3.83. The fourth-order valence-electron chi connectivity index (χ4n) is 8.69. The third-order valence-electron chi connectivity index (χ3n) is 13.9. The molecule has 0 heterocycles. The van der Waals surface area contributed by atoms with Crippen molar-refractivity contribution in [1.82, 2.24) is 0 Å². The van der Waals surface area contributed by atoms with E-state index in [-0.39, 0.29) is 44.8 Å². The molecule has 8 nitrogen and oxygen atoms in total. The van der Waals surface area contributed by atoms with Gasteiger partial charge in [-0.15, -0.1) is 0 Å². The van der Waals surface area contributed by atoms with Crippen molar-refractivity contribution in [3.8, 4) is 0 Å². The van der Waals surface area contributed by atoms with Gasteiger partial charge in [0.15, 0.2) is 23.1 Å². The normalized spacial score (nSPS) is 20.2. The number of carbonyl (C=O) groups excluding carboxylic acids is 4. The highest BCUT2D eigenvalue weighted by Gasteiger charge is 2.36. The smallest absolute Gasteiger partial charge is 0.191 e. The second kappa shape index (κ2) is 20.3. The summed E-state index contributed by atoms with van der Waals surface area (Å²) in [5, 5.41) is 14.1. The summed E-state index contributed by atoms with van der Waals surface area (Å²) in [5.41, 5.74) is 8.74. The van der Waals surface area contributed by atoms with Crippen LogP contribution >= 0.6 is 0 Å². The molecule has 74 heavy (non-hydrogen) atoms. The van der Waals surface area contributed by atoms with E-state index in [4.69, 9.17) is 0 Å². The molecular weight excluding hydrogens is 913 g/mol. The lowest BCUT2D eigenvalue weighted by Gasteiger charge is -2.31. The average molecular weight is 1000 g/mol. The fraction of sp³-hybridized carbons (Fsp3) is 0.485. The van der Waals surface area contributed by atoms with Gasteiger partial charge in [0.25, 0.3) is 0 Å². The van der Waals surface area contributed by atoms with Gasteiger partial charge in [-0.25, -0.2) is 0 Å². The number of allylic oxidation sites excluding steroid dienone is 20. The lowest BCUT2D eigenvalue weighted by atomic mass is 9.73. The minimum Gasteiger partial charge on any atom is -0.359 e. The number of carbonyl (C=O) groups is 4. The maximum atomic E-state index is 14.4. The molecule has 0 unspecified atom stereocenters. The van der Waals surface area contributed by atoms with Crippen molar-refractivity contribution in [1.29, 1.82) is 0 Å². The Morgan fingerprint density at radius 2 is 0.419 bits per heavy atom. The van der Waals surface area contributed by atoms with E-state index in [9.17, 15) is 19.2 Å². The van der Waals surface area contributed by atoms with Crippen LogP contribution in [0.3, 0.4) is 0 Å². The Hall–Kier alpha value is -6.02. The summed E-state index contributed by atoms with van der Waals surface area (Å²) in [6.45, 7) is 50.4. The van der Waals surface area contributed by atoms with Crippen LogP contribution < -0.4 is 21.3 Å². The zero-order valence-electron chi connectivity index (χ0n) is 49.7. The van der Waals surface area contributed by atoms with E-state index in [0.717, 1.165) is 44.6 Å². The molecule has 0 atom stereocenters. The number of Topliss-reactive ketones (excluding diaryl/α,β-unsaturated/α-hetero) is 4. The highest BCUT2D eigenvalue weighted by molar-refractivity contribution is 6.15. The van der Waals surface area contributed by atoms with Crippen molar-refractivity contribution in [3.05, 3.63) is 152 Å². The van der Waals surface area contributed by atoms with Crippen molar-refractivity contribution in [2.75, 3.05) is 21.3 Å². The van der Waals surface area contributed by atoms with E-state index in [0.29, 0.717) is 45.0 Å². The molecule has 0 fully saturated rings. The van der Waals surface area contributed by atoms with Crippen molar-refractivity contribution in [2.45, 2.75) is 166 Å². The van der Waals surface area contributed by atoms with Crippen LogP contribution in [0.2, 0.25) is 0 Å². The molecule has 0 radical (unpaired) electrons. The Morgan fingerprint density at radius 3 is 0.554 bits per heavy atom. The van der Waals surface area contributed by atoms with Crippen molar-refractivity contribution < 1.29 is 19.2 Å². The highest BCUT2D eigenvalue weighted by atomic mass is 16.1. The number of anilines is 4. The van der Waals surface area contributed by atoms with E-state index in [1.54, 1.807) is 24.8 Å². The van der Waals surface area contributed by atoms with Crippen molar-refractivity contribution in [2.24, 2.45) is 43.3 Å². The van der Waals surface area contributed by atoms with E-state index < -0.39 is 21.7 Å². The summed E-state index contributed by atoms with van der Waals surface area (Å²) in [5.74, 6) is -0.277. The molecule has 0 aliphatic heterocycles. The van der Waals surface area contributed by atoms with Gasteiger partial charge in [0.2, 0.25) is 0 Å². The van der Waals surface area contributed by atoms with Gasteiger partial charge < -0.3 is 21.3 Å². The molecule has 0 aromatic heterocycles. The highest BCUT2D eigenvalue weighted by Crippen LogP contribution is 2.44. The van der Waals surface area contributed by atoms with Crippen molar-refractivity contribution >= 4 is 45.9 Å². The molecule has 0 amide bonds. The fourth-order valence-corrected chi connectivity index (χ4v) is 8.69. The molecule has 0 bridgehead atoms. The molecule has 4 aliphatic rings.